The second-order valence-electron chi connectivity index (χ2n) is 3.69. The summed E-state index contributed by atoms with van der Waals surface area (Å²) in [6, 6.07) is 4.48. The normalized spacial score (nSPS) is 11.3. The number of anilines is 1. The molecule has 2 N–H and O–H groups in total. The minimum atomic E-state index is -3.96. The lowest BCUT2D eigenvalue weighted by Crippen LogP contribution is -2.11. The van der Waals surface area contributed by atoms with Gasteiger partial charge in [0.15, 0.2) is 0 Å². The van der Waals surface area contributed by atoms with Gasteiger partial charge in [0.1, 0.15) is 10.0 Å². The third kappa shape index (κ3) is 3.09. The molecule has 0 radical (unpaired) electrons. The quantitative estimate of drug-likeness (QED) is 0.899. The minimum absolute atomic E-state index is 0.00262. The molecule has 0 aliphatic heterocycles. The van der Waals surface area contributed by atoms with Gasteiger partial charge in [-0.3, -0.25) is 4.72 Å². The van der Waals surface area contributed by atoms with E-state index in [0.717, 1.165) is 23.5 Å². The topological polar surface area (TPSA) is 83.5 Å². The van der Waals surface area contributed by atoms with E-state index in [9.17, 15) is 17.6 Å². The van der Waals surface area contributed by atoms with Crippen molar-refractivity contribution in [3.63, 3.8) is 0 Å². The van der Waals surface area contributed by atoms with Crippen molar-refractivity contribution in [3.8, 4) is 0 Å². The average molecular weight is 336 g/mol. The molecule has 0 aliphatic carbocycles. The van der Waals surface area contributed by atoms with Gasteiger partial charge in [0.25, 0.3) is 10.0 Å². The lowest BCUT2D eigenvalue weighted by Gasteiger charge is -2.06. The zero-order chi connectivity index (χ0) is 14.9. The van der Waals surface area contributed by atoms with E-state index in [2.05, 4.69) is 4.72 Å². The molecule has 0 atom stereocenters. The van der Waals surface area contributed by atoms with Crippen molar-refractivity contribution in [1.29, 1.82) is 0 Å². The van der Waals surface area contributed by atoms with E-state index in [1.807, 2.05) is 0 Å². The van der Waals surface area contributed by atoms with Crippen LogP contribution in [0.3, 0.4) is 0 Å². The maximum Gasteiger partial charge on any atom is 0.336 e. The Kier molecular flexibility index (Phi) is 3.98. The van der Waals surface area contributed by atoms with Gasteiger partial charge in [-0.1, -0.05) is 11.6 Å². The van der Waals surface area contributed by atoms with Crippen LogP contribution in [0.4, 0.5) is 10.1 Å². The third-order valence-electron chi connectivity index (χ3n) is 2.26. The lowest BCUT2D eigenvalue weighted by molar-refractivity contribution is 0.0697. The first-order valence-corrected chi connectivity index (χ1v) is 7.83. The van der Waals surface area contributed by atoms with Crippen molar-refractivity contribution in [2.45, 2.75) is 4.21 Å². The summed E-state index contributed by atoms with van der Waals surface area (Å²) in [5.74, 6) is -1.98. The first-order valence-electron chi connectivity index (χ1n) is 5.09. The molecule has 0 aliphatic rings. The van der Waals surface area contributed by atoms with E-state index in [0.29, 0.717) is 0 Å². The van der Waals surface area contributed by atoms with Crippen molar-refractivity contribution in [1.82, 2.24) is 0 Å². The number of benzene rings is 1. The zero-order valence-electron chi connectivity index (χ0n) is 9.63. The third-order valence-corrected chi connectivity index (χ3v) is 5.39. The largest absolute Gasteiger partial charge is 0.478 e. The average Bonchev–Trinajstić information content (AvgIpc) is 2.84. The minimum Gasteiger partial charge on any atom is -0.478 e. The molecule has 1 heterocycles. The van der Waals surface area contributed by atoms with Crippen molar-refractivity contribution in [2.75, 3.05) is 4.72 Å². The lowest BCUT2D eigenvalue weighted by atomic mass is 10.3. The number of nitrogens with one attached hydrogen (secondary N) is 1. The number of hydrogen-bond donors (Lipinski definition) is 2. The summed E-state index contributed by atoms with van der Waals surface area (Å²) in [5.41, 5.74) is -0.130. The van der Waals surface area contributed by atoms with Gasteiger partial charge >= 0.3 is 5.97 Å². The highest BCUT2D eigenvalue weighted by Gasteiger charge is 2.19. The smallest absolute Gasteiger partial charge is 0.336 e. The van der Waals surface area contributed by atoms with Crippen LogP contribution in [0.25, 0.3) is 0 Å². The van der Waals surface area contributed by atoms with Crippen LogP contribution in [-0.2, 0) is 10.0 Å². The summed E-state index contributed by atoms with van der Waals surface area (Å²) in [5, 5.41) is 9.83. The molecule has 0 saturated carbocycles. The number of carbonyl (C=O) groups is 1. The van der Waals surface area contributed by atoms with Gasteiger partial charge < -0.3 is 5.11 Å². The van der Waals surface area contributed by atoms with Crippen LogP contribution >= 0.6 is 22.9 Å². The van der Waals surface area contributed by atoms with Crippen LogP contribution in [0.15, 0.2) is 33.9 Å². The molecule has 0 spiro atoms. The highest BCUT2D eigenvalue weighted by Crippen LogP contribution is 2.25. The second-order valence-corrected chi connectivity index (χ2v) is 6.92. The number of halogens is 2. The molecule has 0 amide bonds. The summed E-state index contributed by atoms with van der Waals surface area (Å²) >= 11 is 6.25. The molecule has 20 heavy (non-hydrogen) atoms. The maximum absolute atomic E-state index is 13.2. The van der Waals surface area contributed by atoms with Crippen LogP contribution in [0.2, 0.25) is 5.02 Å². The van der Waals surface area contributed by atoms with Crippen molar-refractivity contribution < 1.29 is 22.7 Å². The fourth-order valence-corrected chi connectivity index (χ4v) is 3.66. The molecule has 9 heteroatoms. The van der Waals surface area contributed by atoms with Crippen LogP contribution in [-0.4, -0.2) is 19.5 Å². The van der Waals surface area contributed by atoms with Gasteiger partial charge in [-0.2, -0.15) is 0 Å². The van der Waals surface area contributed by atoms with E-state index in [1.54, 1.807) is 0 Å². The second kappa shape index (κ2) is 5.39. The molecule has 0 saturated heterocycles. The number of thiophene rings is 1. The predicted molar refractivity (Wildman–Crippen MR) is 73.5 cm³/mol. The summed E-state index contributed by atoms with van der Waals surface area (Å²) < 4.78 is 39.2. The summed E-state index contributed by atoms with van der Waals surface area (Å²) in [4.78, 5) is 10.7. The zero-order valence-corrected chi connectivity index (χ0v) is 12.0. The molecule has 1 aromatic heterocycles. The summed E-state index contributed by atoms with van der Waals surface area (Å²) in [6.07, 6.45) is 0. The Morgan fingerprint density at radius 1 is 1.35 bits per heavy atom. The molecule has 5 nitrogen and oxygen atoms in total. The summed E-state index contributed by atoms with van der Waals surface area (Å²) in [7, 11) is -3.96. The fourth-order valence-electron chi connectivity index (χ4n) is 1.33. The Balaban J connectivity index is 2.30. The molecular weight excluding hydrogens is 329 g/mol. The van der Waals surface area contributed by atoms with Gasteiger partial charge in [0.2, 0.25) is 0 Å². The van der Waals surface area contributed by atoms with Crippen LogP contribution < -0.4 is 4.72 Å². The SMILES string of the molecule is O=C(O)c1csc(S(=O)(=O)Nc2ccc(Cl)c(F)c2)c1. The molecule has 0 unspecified atom stereocenters. The van der Waals surface area contributed by atoms with Crippen molar-refractivity contribution in [3.05, 3.63) is 46.0 Å². The van der Waals surface area contributed by atoms with Crippen molar-refractivity contribution >= 4 is 44.6 Å². The molecular formula is C11H7ClFNO4S2. The highest BCUT2D eigenvalue weighted by atomic mass is 35.5. The van der Waals surface area contributed by atoms with Crippen LogP contribution in [0, 0.1) is 5.82 Å². The van der Waals surface area contributed by atoms with Gasteiger partial charge in [-0.15, -0.1) is 11.3 Å². The van der Waals surface area contributed by atoms with E-state index in [1.165, 1.54) is 17.5 Å². The van der Waals surface area contributed by atoms with Gasteiger partial charge in [-0.25, -0.2) is 17.6 Å². The molecule has 1 aromatic carbocycles. The first-order chi connectivity index (χ1) is 9.29. The van der Waals surface area contributed by atoms with Gasteiger partial charge in [0.05, 0.1) is 16.3 Å². The Morgan fingerprint density at radius 3 is 2.60 bits per heavy atom. The summed E-state index contributed by atoms with van der Waals surface area (Å²) in [6.45, 7) is 0. The molecule has 2 aromatic rings. The van der Waals surface area contributed by atoms with Gasteiger partial charge in [-0.05, 0) is 24.3 Å². The van der Waals surface area contributed by atoms with E-state index < -0.39 is 21.8 Å². The number of hydrogen-bond acceptors (Lipinski definition) is 4. The number of carboxylic acids is 1. The van der Waals surface area contributed by atoms with E-state index in [4.69, 9.17) is 16.7 Å². The molecule has 0 bridgehead atoms. The Hall–Kier alpha value is -1.64. The Morgan fingerprint density at radius 2 is 2.05 bits per heavy atom. The fraction of sp³-hybridized carbons (Fsp3) is 0. The van der Waals surface area contributed by atoms with E-state index in [-0.39, 0.29) is 20.5 Å². The van der Waals surface area contributed by atoms with Crippen LogP contribution in [0.5, 0.6) is 0 Å². The first kappa shape index (κ1) is 14.8. The van der Waals surface area contributed by atoms with E-state index >= 15 is 0 Å². The molecule has 106 valence electrons. The molecule has 2 rings (SSSR count). The van der Waals surface area contributed by atoms with Crippen LogP contribution in [0.1, 0.15) is 10.4 Å². The Bertz CT molecular complexity index is 772. The maximum atomic E-state index is 13.2. The number of aromatic carboxylic acids is 1. The standard InChI is InChI=1S/C11H7ClFNO4S2/c12-8-2-1-7(4-9(8)13)14-20(17,18)10-3-6(5-19-10)11(15)16/h1-5,14H,(H,15,16). The predicted octanol–water partition coefficient (Wildman–Crippen LogP) is 3.04. The van der Waals surface area contributed by atoms with Gasteiger partial charge in [0, 0.05) is 5.38 Å². The number of rotatable bonds is 4. The number of carboxylic acid groups (broad SMARTS) is 1. The number of sulfonamides is 1. The monoisotopic (exact) mass is 335 g/mol. The van der Waals surface area contributed by atoms with Crippen molar-refractivity contribution in [2.24, 2.45) is 0 Å². The molecule has 0 fully saturated rings. The highest BCUT2D eigenvalue weighted by molar-refractivity contribution is 7.94. The Labute approximate surface area is 122 Å².